The Morgan fingerprint density at radius 1 is 1.53 bits per heavy atom. The summed E-state index contributed by atoms with van der Waals surface area (Å²) in [5.41, 5.74) is 3.77. The summed E-state index contributed by atoms with van der Waals surface area (Å²) in [6, 6.07) is 0. The number of nitrogen functional groups attached to an aromatic ring is 1. The van der Waals surface area contributed by atoms with Crippen molar-refractivity contribution in [2.45, 2.75) is 33.1 Å². The van der Waals surface area contributed by atoms with Gasteiger partial charge in [0, 0.05) is 18.7 Å². The molecular weight excluding hydrogens is 214 g/mol. The molecule has 1 aliphatic rings. The number of hydrogen-bond acceptors (Lipinski definition) is 5. The summed E-state index contributed by atoms with van der Waals surface area (Å²) >= 11 is 0. The van der Waals surface area contributed by atoms with Gasteiger partial charge in [-0.2, -0.15) is 0 Å². The molecule has 2 rings (SSSR count). The van der Waals surface area contributed by atoms with Crippen molar-refractivity contribution in [3.8, 4) is 0 Å². The van der Waals surface area contributed by atoms with Crippen molar-refractivity contribution in [2.24, 2.45) is 11.8 Å². The van der Waals surface area contributed by atoms with Crippen LogP contribution in [0.5, 0.6) is 0 Å². The van der Waals surface area contributed by atoms with Gasteiger partial charge in [0.2, 0.25) is 0 Å². The lowest BCUT2D eigenvalue weighted by molar-refractivity contribution is 0.444. The largest absolute Gasteiger partial charge is 0.356 e. The zero-order chi connectivity index (χ0) is 12.3. The first kappa shape index (κ1) is 12.1. The smallest absolute Gasteiger partial charge is 0.148 e. The molecule has 94 valence electrons. The van der Waals surface area contributed by atoms with Gasteiger partial charge in [0.25, 0.3) is 0 Å². The molecule has 1 saturated heterocycles. The summed E-state index contributed by atoms with van der Waals surface area (Å²) in [5, 5.41) is 0. The van der Waals surface area contributed by atoms with Crippen LogP contribution in [-0.2, 0) is 6.42 Å². The fourth-order valence-corrected chi connectivity index (χ4v) is 2.51. The maximum absolute atomic E-state index is 5.49. The molecule has 1 unspecified atom stereocenters. The summed E-state index contributed by atoms with van der Waals surface area (Å²) < 4.78 is 0. The molecule has 1 atom stereocenters. The topological polar surface area (TPSA) is 67.1 Å². The third kappa shape index (κ3) is 2.49. The van der Waals surface area contributed by atoms with Crippen molar-refractivity contribution in [3.05, 3.63) is 11.9 Å². The summed E-state index contributed by atoms with van der Waals surface area (Å²) in [7, 11) is 0. The number of rotatable bonds is 3. The molecule has 0 aliphatic carbocycles. The first-order chi connectivity index (χ1) is 8.26. The van der Waals surface area contributed by atoms with Gasteiger partial charge in [0.1, 0.15) is 18.0 Å². The fraction of sp³-hybridized carbons (Fsp3) is 0.667. The number of nitrogens with one attached hydrogen (secondary N) is 1. The molecule has 0 saturated carbocycles. The number of anilines is 2. The third-order valence-corrected chi connectivity index (χ3v) is 3.37. The number of piperidine rings is 1. The maximum Gasteiger partial charge on any atom is 0.148 e. The van der Waals surface area contributed by atoms with Crippen LogP contribution in [0.15, 0.2) is 6.33 Å². The molecule has 0 radical (unpaired) electrons. The lowest BCUT2D eigenvalue weighted by atomic mass is 10.00. The molecule has 0 amide bonds. The normalized spacial score (nSPS) is 20.4. The Bertz CT molecular complexity index is 379. The van der Waals surface area contributed by atoms with Crippen LogP contribution in [0.25, 0.3) is 0 Å². The minimum atomic E-state index is 0.734. The van der Waals surface area contributed by atoms with E-state index in [4.69, 9.17) is 5.84 Å². The molecule has 1 aliphatic heterocycles. The Balaban J connectivity index is 2.30. The van der Waals surface area contributed by atoms with E-state index < -0.39 is 0 Å². The van der Waals surface area contributed by atoms with Gasteiger partial charge in [-0.3, -0.25) is 0 Å². The van der Waals surface area contributed by atoms with Crippen LogP contribution in [0.2, 0.25) is 0 Å². The zero-order valence-electron chi connectivity index (χ0n) is 10.6. The van der Waals surface area contributed by atoms with E-state index in [1.165, 1.54) is 12.8 Å². The lowest BCUT2D eigenvalue weighted by Crippen LogP contribution is -2.35. The Labute approximate surface area is 102 Å². The maximum atomic E-state index is 5.49. The van der Waals surface area contributed by atoms with E-state index in [0.717, 1.165) is 42.6 Å². The summed E-state index contributed by atoms with van der Waals surface area (Å²) in [5.74, 6) is 8.02. The predicted octanol–water partition coefficient (Wildman–Crippen LogP) is 1.56. The Morgan fingerprint density at radius 3 is 3.00 bits per heavy atom. The lowest BCUT2D eigenvalue weighted by Gasteiger charge is -2.33. The van der Waals surface area contributed by atoms with Crippen LogP contribution in [0, 0.1) is 5.92 Å². The Kier molecular flexibility index (Phi) is 3.78. The van der Waals surface area contributed by atoms with Crippen molar-refractivity contribution in [2.75, 3.05) is 23.4 Å². The third-order valence-electron chi connectivity index (χ3n) is 3.37. The molecule has 3 N–H and O–H groups in total. The van der Waals surface area contributed by atoms with Gasteiger partial charge in [-0.1, -0.05) is 13.8 Å². The van der Waals surface area contributed by atoms with Gasteiger partial charge in [-0.15, -0.1) is 0 Å². The highest BCUT2D eigenvalue weighted by atomic mass is 15.3. The van der Waals surface area contributed by atoms with E-state index in [1.807, 2.05) is 0 Å². The Morgan fingerprint density at radius 2 is 2.35 bits per heavy atom. The van der Waals surface area contributed by atoms with Crippen molar-refractivity contribution in [3.63, 3.8) is 0 Å². The van der Waals surface area contributed by atoms with E-state index in [1.54, 1.807) is 6.33 Å². The molecule has 1 aromatic rings. The Hall–Kier alpha value is -1.36. The van der Waals surface area contributed by atoms with Crippen LogP contribution < -0.4 is 16.2 Å². The van der Waals surface area contributed by atoms with E-state index in [-0.39, 0.29) is 0 Å². The minimum Gasteiger partial charge on any atom is -0.356 e. The highest BCUT2D eigenvalue weighted by molar-refractivity contribution is 5.58. The highest BCUT2D eigenvalue weighted by Gasteiger charge is 2.21. The van der Waals surface area contributed by atoms with E-state index in [9.17, 15) is 0 Å². The second kappa shape index (κ2) is 5.31. The average molecular weight is 235 g/mol. The molecule has 5 nitrogen and oxygen atoms in total. The number of hydrogen-bond donors (Lipinski definition) is 2. The van der Waals surface area contributed by atoms with Crippen LogP contribution in [0.1, 0.15) is 32.3 Å². The van der Waals surface area contributed by atoms with E-state index >= 15 is 0 Å². The molecule has 5 heteroatoms. The van der Waals surface area contributed by atoms with Gasteiger partial charge >= 0.3 is 0 Å². The number of nitrogens with two attached hydrogens (primary N) is 1. The van der Waals surface area contributed by atoms with Crippen molar-refractivity contribution >= 4 is 11.6 Å². The van der Waals surface area contributed by atoms with Crippen LogP contribution in [0.4, 0.5) is 11.6 Å². The number of hydrazine groups is 1. The summed E-state index contributed by atoms with van der Waals surface area (Å²) in [6.07, 6.45) is 5.02. The number of nitrogens with zero attached hydrogens (tertiary/aromatic N) is 3. The monoisotopic (exact) mass is 235 g/mol. The van der Waals surface area contributed by atoms with E-state index in [0.29, 0.717) is 0 Å². The predicted molar refractivity (Wildman–Crippen MR) is 69.8 cm³/mol. The first-order valence-electron chi connectivity index (χ1n) is 6.31. The molecule has 0 spiro atoms. The SMILES string of the molecule is CCc1c(NN)ncnc1N1CCCC(C)C1. The minimum absolute atomic E-state index is 0.734. The van der Waals surface area contributed by atoms with Crippen LogP contribution in [0.3, 0.4) is 0 Å². The van der Waals surface area contributed by atoms with Crippen molar-refractivity contribution in [1.82, 2.24) is 9.97 Å². The van der Waals surface area contributed by atoms with E-state index in [2.05, 4.69) is 34.1 Å². The van der Waals surface area contributed by atoms with Gasteiger partial charge in [0.15, 0.2) is 0 Å². The average Bonchev–Trinajstić information content (AvgIpc) is 2.37. The van der Waals surface area contributed by atoms with Gasteiger partial charge in [-0.05, 0) is 25.2 Å². The molecule has 0 bridgehead atoms. The van der Waals surface area contributed by atoms with Gasteiger partial charge in [0.05, 0.1) is 0 Å². The van der Waals surface area contributed by atoms with Gasteiger partial charge in [-0.25, -0.2) is 15.8 Å². The first-order valence-corrected chi connectivity index (χ1v) is 6.31. The summed E-state index contributed by atoms with van der Waals surface area (Å²) in [6.45, 7) is 6.56. The van der Waals surface area contributed by atoms with Crippen LogP contribution >= 0.6 is 0 Å². The molecule has 1 fully saturated rings. The standard InChI is InChI=1S/C12H21N5/c1-3-10-11(16-13)14-8-15-12(10)17-6-4-5-9(2)7-17/h8-9H,3-7,13H2,1-2H3,(H,14,15,16). The molecule has 0 aromatic carbocycles. The second-order valence-electron chi connectivity index (χ2n) is 4.72. The van der Waals surface area contributed by atoms with Gasteiger partial charge < -0.3 is 10.3 Å². The fourth-order valence-electron chi connectivity index (χ4n) is 2.51. The van der Waals surface area contributed by atoms with Crippen LogP contribution in [-0.4, -0.2) is 23.1 Å². The number of aromatic nitrogens is 2. The molecule has 1 aromatic heterocycles. The van der Waals surface area contributed by atoms with Crippen molar-refractivity contribution < 1.29 is 0 Å². The zero-order valence-corrected chi connectivity index (χ0v) is 10.6. The molecule has 17 heavy (non-hydrogen) atoms. The quantitative estimate of drug-likeness (QED) is 0.615. The molecular formula is C12H21N5. The molecule has 2 heterocycles. The second-order valence-corrected chi connectivity index (χ2v) is 4.72. The van der Waals surface area contributed by atoms with Crippen molar-refractivity contribution in [1.29, 1.82) is 0 Å². The highest BCUT2D eigenvalue weighted by Crippen LogP contribution is 2.27. The summed E-state index contributed by atoms with van der Waals surface area (Å²) in [4.78, 5) is 11.0.